The number of aliphatic imine (C=N–C) groups is 1. The van der Waals surface area contributed by atoms with E-state index in [9.17, 15) is 0 Å². The fourth-order valence-corrected chi connectivity index (χ4v) is 2.92. The van der Waals surface area contributed by atoms with Gasteiger partial charge in [0.2, 0.25) is 5.88 Å². The van der Waals surface area contributed by atoms with Crippen molar-refractivity contribution in [3.63, 3.8) is 0 Å². The normalized spacial score (nSPS) is 11.3. The van der Waals surface area contributed by atoms with Crippen molar-refractivity contribution in [3.05, 3.63) is 45.8 Å². The van der Waals surface area contributed by atoms with E-state index in [4.69, 9.17) is 4.74 Å². The van der Waals surface area contributed by atoms with Crippen LogP contribution in [-0.4, -0.2) is 25.1 Å². The van der Waals surface area contributed by atoms with Gasteiger partial charge in [0.25, 0.3) is 0 Å². The van der Waals surface area contributed by atoms with E-state index in [0.717, 1.165) is 24.5 Å². The second-order valence-electron chi connectivity index (χ2n) is 4.67. The molecule has 0 saturated carbocycles. The second kappa shape index (κ2) is 8.38. The van der Waals surface area contributed by atoms with E-state index in [-0.39, 0.29) is 0 Å². The van der Waals surface area contributed by atoms with Crippen molar-refractivity contribution in [2.75, 3.05) is 14.2 Å². The minimum atomic E-state index is 0.612. The third-order valence-electron chi connectivity index (χ3n) is 3.21. The molecular weight excluding hydrogens is 296 g/mol. The molecule has 118 valence electrons. The molecule has 0 aromatic carbocycles. The lowest BCUT2D eigenvalue weighted by Gasteiger charge is -2.12. The molecule has 0 radical (unpaired) electrons. The molecule has 0 fully saturated rings. The van der Waals surface area contributed by atoms with Crippen LogP contribution in [0.15, 0.2) is 35.5 Å². The first-order valence-corrected chi connectivity index (χ1v) is 8.08. The standard InChI is InChI=1S/C16H22N4OS/c1-4-13-7-8-14(22-13)11-20-16(17-2)19-10-12-6-5-9-18-15(12)21-3/h5-9H,4,10-11H2,1-3H3,(H2,17,19,20). The molecule has 2 N–H and O–H groups in total. The summed E-state index contributed by atoms with van der Waals surface area (Å²) < 4.78 is 5.25. The van der Waals surface area contributed by atoms with Crippen LogP contribution < -0.4 is 15.4 Å². The molecule has 0 bridgehead atoms. The first kappa shape index (κ1) is 16.3. The van der Waals surface area contributed by atoms with Crippen molar-refractivity contribution in [1.29, 1.82) is 0 Å². The van der Waals surface area contributed by atoms with Crippen LogP contribution in [0.3, 0.4) is 0 Å². The van der Waals surface area contributed by atoms with Crippen molar-refractivity contribution in [3.8, 4) is 5.88 Å². The van der Waals surface area contributed by atoms with E-state index in [0.29, 0.717) is 12.4 Å². The number of methoxy groups -OCH3 is 1. The second-order valence-corrected chi connectivity index (χ2v) is 5.93. The van der Waals surface area contributed by atoms with Gasteiger partial charge in [-0.2, -0.15) is 0 Å². The van der Waals surface area contributed by atoms with Gasteiger partial charge in [-0.3, -0.25) is 4.99 Å². The molecule has 22 heavy (non-hydrogen) atoms. The SMILES string of the molecule is CCc1ccc(CNC(=NC)NCc2cccnc2OC)s1. The Morgan fingerprint density at radius 2 is 2.00 bits per heavy atom. The lowest BCUT2D eigenvalue weighted by Crippen LogP contribution is -2.36. The summed E-state index contributed by atoms with van der Waals surface area (Å²) in [7, 11) is 3.39. The quantitative estimate of drug-likeness (QED) is 0.635. The van der Waals surface area contributed by atoms with Crippen molar-refractivity contribution < 1.29 is 4.74 Å². The molecule has 0 aliphatic carbocycles. The van der Waals surface area contributed by atoms with E-state index in [2.05, 4.69) is 39.7 Å². The Labute approximate surface area is 135 Å². The lowest BCUT2D eigenvalue weighted by atomic mass is 10.2. The van der Waals surface area contributed by atoms with Crippen molar-refractivity contribution in [2.24, 2.45) is 4.99 Å². The van der Waals surface area contributed by atoms with Crippen LogP contribution in [0.1, 0.15) is 22.2 Å². The molecule has 0 spiro atoms. The zero-order valence-corrected chi connectivity index (χ0v) is 14.0. The van der Waals surface area contributed by atoms with E-state index in [1.807, 2.05) is 23.5 Å². The number of hydrogen-bond acceptors (Lipinski definition) is 4. The molecule has 0 aliphatic heterocycles. The van der Waals surface area contributed by atoms with Crippen LogP contribution in [0.25, 0.3) is 0 Å². The molecular formula is C16H22N4OS. The zero-order valence-electron chi connectivity index (χ0n) is 13.2. The molecule has 0 amide bonds. The van der Waals surface area contributed by atoms with Crippen LogP contribution in [0.2, 0.25) is 0 Å². The van der Waals surface area contributed by atoms with E-state index in [1.165, 1.54) is 9.75 Å². The third kappa shape index (κ3) is 4.46. The summed E-state index contributed by atoms with van der Waals surface area (Å²) in [6.07, 6.45) is 2.80. The fourth-order valence-electron chi connectivity index (χ4n) is 2.02. The Hall–Kier alpha value is -2.08. The summed E-state index contributed by atoms with van der Waals surface area (Å²) in [5, 5.41) is 6.59. The van der Waals surface area contributed by atoms with Crippen LogP contribution in [-0.2, 0) is 19.5 Å². The number of ether oxygens (including phenoxy) is 1. The van der Waals surface area contributed by atoms with Gasteiger partial charge in [0.15, 0.2) is 5.96 Å². The Morgan fingerprint density at radius 1 is 1.23 bits per heavy atom. The molecule has 2 rings (SSSR count). The average Bonchev–Trinajstić information content (AvgIpc) is 3.03. The summed E-state index contributed by atoms with van der Waals surface area (Å²) in [6.45, 7) is 3.56. The highest BCUT2D eigenvalue weighted by Crippen LogP contribution is 2.16. The highest BCUT2D eigenvalue weighted by Gasteiger charge is 2.05. The fraction of sp³-hybridized carbons (Fsp3) is 0.375. The number of nitrogens with zero attached hydrogens (tertiary/aromatic N) is 2. The number of aromatic nitrogens is 1. The Balaban J connectivity index is 1.87. The predicted octanol–water partition coefficient (Wildman–Crippen LogP) is 2.58. The Kier molecular flexibility index (Phi) is 6.21. The maximum Gasteiger partial charge on any atom is 0.218 e. The van der Waals surface area contributed by atoms with E-state index in [1.54, 1.807) is 20.4 Å². The van der Waals surface area contributed by atoms with Gasteiger partial charge in [-0.05, 0) is 24.6 Å². The molecule has 0 unspecified atom stereocenters. The summed E-state index contributed by atoms with van der Waals surface area (Å²) in [5.74, 6) is 1.40. The predicted molar refractivity (Wildman–Crippen MR) is 91.5 cm³/mol. The van der Waals surface area contributed by atoms with Crippen LogP contribution in [0, 0.1) is 0 Å². The molecule has 0 saturated heterocycles. The summed E-state index contributed by atoms with van der Waals surface area (Å²) >= 11 is 1.83. The highest BCUT2D eigenvalue weighted by atomic mass is 32.1. The molecule has 6 heteroatoms. The molecule has 0 aliphatic rings. The molecule has 2 aromatic heterocycles. The maximum absolute atomic E-state index is 5.25. The third-order valence-corrected chi connectivity index (χ3v) is 4.44. The van der Waals surface area contributed by atoms with Crippen LogP contribution in [0.4, 0.5) is 0 Å². The summed E-state index contributed by atoms with van der Waals surface area (Å²) in [5.41, 5.74) is 0.998. The minimum absolute atomic E-state index is 0.612. The van der Waals surface area contributed by atoms with E-state index >= 15 is 0 Å². The average molecular weight is 318 g/mol. The van der Waals surface area contributed by atoms with Gasteiger partial charge in [0.05, 0.1) is 13.7 Å². The number of nitrogens with one attached hydrogen (secondary N) is 2. The molecule has 2 heterocycles. The van der Waals surface area contributed by atoms with E-state index < -0.39 is 0 Å². The van der Waals surface area contributed by atoms with Crippen molar-refractivity contribution >= 4 is 17.3 Å². The summed E-state index contributed by atoms with van der Waals surface area (Å²) in [4.78, 5) is 11.1. The number of thiophene rings is 1. The number of hydrogen-bond donors (Lipinski definition) is 2. The smallest absolute Gasteiger partial charge is 0.218 e. The van der Waals surface area contributed by atoms with Crippen LogP contribution >= 0.6 is 11.3 Å². The Morgan fingerprint density at radius 3 is 2.68 bits per heavy atom. The van der Waals surface area contributed by atoms with Gasteiger partial charge in [0.1, 0.15) is 0 Å². The molecule has 0 atom stereocenters. The molecule has 5 nitrogen and oxygen atoms in total. The van der Waals surface area contributed by atoms with Crippen LogP contribution in [0.5, 0.6) is 5.88 Å². The maximum atomic E-state index is 5.25. The largest absolute Gasteiger partial charge is 0.481 e. The van der Waals surface area contributed by atoms with Gasteiger partial charge in [-0.25, -0.2) is 4.98 Å². The van der Waals surface area contributed by atoms with Crippen molar-refractivity contribution in [2.45, 2.75) is 26.4 Å². The summed E-state index contributed by atoms with van der Waals surface area (Å²) in [6, 6.07) is 8.22. The lowest BCUT2D eigenvalue weighted by molar-refractivity contribution is 0.392. The number of rotatable bonds is 6. The minimum Gasteiger partial charge on any atom is -0.481 e. The van der Waals surface area contributed by atoms with Gasteiger partial charge in [-0.15, -0.1) is 11.3 Å². The first-order chi connectivity index (χ1) is 10.8. The zero-order chi connectivity index (χ0) is 15.8. The number of aryl methyl sites for hydroxylation is 1. The highest BCUT2D eigenvalue weighted by molar-refractivity contribution is 7.11. The number of guanidine groups is 1. The first-order valence-electron chi connectivity index (χ1n) is 7.26. The van der Waals surface area contributed by atoms with Gasteiger partial charge < -0.3 is 15.4 Å². The Bertz CT molecular complexity index is 624. The monoisotopic (exact) mass is 318 g/mol. The molecule has 2 aromatic rings. The topological polar surface area (TPSA) is 58.5 Å². The van der Waals surface area contributed by atoms with Gasteiger partial charge >= 0.3 is 0 Å². The number of pyridine rings is 1. The van der Waals surface area contributed by atoms with Gasteiger partial charge in [0, 0.05) is 35.1 Å². The van der Waals surface area contributed by atoms with Crippen molar-refractivity contribution in [1.82, 2.24) is 15.6 Å². The van der Waals surface area contributed by atoms with Gasteiger partial charge in [-0.1, -0.05) is 13.0 Å².